The fraction of sp³-hybridized carbons (Fsp3) is 0.312. The summed E-state index contributed by atoms with van der Waals surface area (Å²) in [6.07, 6.45) is 0. The average molecular weight is 291 g/mol. The largest absolute Gasteiger partial charge is 0.494 e. The number of aryl methyl sites for hydroxylation is 1. The quantitative estimate of drug-likeness (QED) is 0.816. The van der Waals surface area contributed by atoms with E-state index in [1.165, 1.54) is 5.56 Å². The molecule has 0 bridgehead atoms. The van der Waals surface area contributed by atoms with E-state index >= 15 is 0 Å². The van der Waals surface area contributed by atoms with Crippen LogP contribution in [0.3, 0.4) is 0 Å². The van der Waals surface area contributed by atoms with Gasteiger partial charge in [-0.3, -0.25) is 0 Å². The van der Waals surface area contributed by atoms with E-state index in [4.69, 9.17) is 16.3 Å². The summed E-state index contributed by atoms with van der Waals surface area (Å²) in [6, 6.07) is 12.1. The van der Waals surface area contributed by atoms with Gasteiger partial charge in [-0.05, 0) is 50.6 Å². The molecule has 0 fully saturated rings. The lowest BCUT2D eigenvalue weighted by Crippen LogP contribution is -2.08. The normalized spacial score (nSPS) is 12.0. The summed E-state index contributed by atoms with van der Waals surface area (Å²) in [7, 11) is 0. The monoisotopic (exact) mass is 290 g/mol. The summed E-state index contributed by atoms with van der Waals surface area (Å²) < 4.78 is 5.45. The molecule has 106 valence electrons. The van der Waals surface area contributed by atoms with Crippen molar-refractivity contribution in [3.8, 4) is 5.75 Å². The maximum Gasteiger partial charge on any atom is 0.129 e. The van der Waals surface area contributed by atoms with E-state index in [0.717, 1.165) is 17.1 Å². The van der Waals surface area contributed by atoms with Gasteiger partial charge in [0, 0.05) is 6.04 Å². The van der Waals surface area contributed by atoms with Crippen LogP contribution < -0.4 is 10.1 Å². The zero-order valence-electron chi connectivity index (χ0n) is 12.0. The zero-order chi connectivity index (χ0) is 14.5. The summed E-state index contributed by atoms with van der Waals surface area (Å²) in [4.78, 5) is 4.24. The number of aromatic nitrogens is 1. The maximum atomic E-state index is 5.86. The molecule has 4 heteroatoms. The lowest BCUT2D eigenvalue weighted by molar-refractivity contribution is 0.340. The number of pyridine rings is 1. The Morgan fingerprint density at radius 1 is 1.20 bits per heavy atom. The van der Waals surface area contributed by atoms with Gasteiger partial charge in [-0.1, -0.05) is 23.7 Å². The van der Waals surface area contributed by atoms with Gasteiger partial charge < -0.3 is 10.1 Å². The molecule has 1 N–H and O–H groups in total. The molecule has 3 nitrogen and oxygen atoms in total. The molecule has 0 aliphatic carbocycles. The van der Waals surface area contributed by atoms with Gasteiger partial charge in [-0.15, -0.1) is 0 Å². The standard InChI is InChI=1S/C16H19ClN2O/c1-4-20-14-7-5-13(6-8-14)11(2)18-15-9-10-16(17)19-12(15)3/h5-11,18H,4H2,1-3H3. The maximum absolute atomic E-state index is 5.86. The molecular formula is C16H19ClN2O. The van der Waals surface area contributed by atoms with E-state index in [1.807, 2.05) is 32.0 Å². The van der Waals surface area contributed by atoms with Crippen molar-refractivity contribution in [3.05, 3.63) is 52.8 Å². The van der Waals surface area contributed by atoms with Crippen LogP contribution in [0.2, 0.25) is 5.15 Å². The van der Waals surface area contributed by atoms with E-state index < -0.39 is 0 Å². The molecule has 2 rings (SSSR count). The van der Waals surface area contributed by atoms with E-state index in [0.29, 0.717) is 11.8 Å². The topological polar surface area (TPSA) is 34.1 Å². The first kappa shape index (κ1) is 14.7. The molecule has 1 aromatic heterocycles. The van der Waals surface area contributed by atoms with Crippen molar-refractivity contribution in [1.82, 2.24) is 4.98 Å². The smallest absolute Gasteiger partial charge is 0.129 e. The van der Waals surface area contributed by atoms with Crippen molar-refractivity contribution >= 4 is 17.3 Å². The van der Waals surface area contributed by atoms with Gasteiger partial charge in [0.05, 0.1) is 18.0 Å². The van der Waals surface area contributed by atoms with Crippen molar-refractivity contribution in [2.45, 2.75) is 26.8 Å². The fourth-order valence-electron chi connectivity index (χ4n) is 2.02. The number of halogens is 1. The first-order chi connectivity index (χ1) is 9.60. The molecule has 0 saturated carbocycles. The zero-order valence-corrected chi connectivity index (χ0v) is 12.7. The van der Waals surface area contributed by atoms with E-state index in [1.54, 1.807) is 6.07 Å². The molecule has 1 atom stereocenters. The third kappa shape index (κ3) is 3.64. The van der Waals surface area contributed by atoms with Crippen molar-refractivity contribution in [2.75, 3.05) is 11.9 Å². The number of hydrogen-bond acceptors (Lipinski definition) is 3. The van der Waals surface area contributed by atoms with Crippen LogP contribution >= 0.6 is 11.6 Å². The molecule has 0 saturated heterocycles. The third-order valence-electron chi connectivity index (χ3n) is 3.11. The first-order valence-corrected chi connectivity index (χ1v) is 7.10. The highest BCUT2D eigenvalue weighted by Crippen LogP contribution is 2.24. The van der Waals surface area contributed by atoms with E-state index in [2.05, 4.69) is 29.4 Å². The van der Waals surface area contributed by atoms with Crippen LogP contribution in [0.5, 0.6) is 5.75 Å². The van der Waals surface area contributed by atoms with Crippen LogP contribution in [-0.4, -0.2) is 11.6 Å². The molecule has 0 amide bonds. The lowest BCUT2D eigenvalue weighted by Gasteiger charge is -2.17. The van der Waals surface area contributed by atoms with Crippen molar-refractivity contribution in [2.24, 2.45) is 0 Å². The second-order valence-corrected chi connectivity index (χ2v) is 5.02. The Labute approximate surface area is 124 Å². The number of benzene rings is 1. The number of nitrogens with one attached hydrogen (secondary N) is 1. The van der Waals surface area contributed by atoms with Gasteiger partial charge in [0.2, 0.25) is 0 Å². The molecule has 0 spiro atoms. The summed E-state index contributed by atoms with van der Waals surface area (Å²) in [5, 5.41) is 3.96. The molecular weight excluding hydrogens is 272 g/mol. The molecule has 0 aliphatic heterocycles. The Morgan fingerprint density at radius 3 is 2.50 bits per heavy atom. The molecule has 1 heterocycles. The third-order valence-corrected chi connectivity index (χ3v) is 3.33. The molecule has 0 radical (unpaired) electrons. The van der Waals surface area contributed by atoms with Crippen molar-refractivity contribution < 1.29 is 4.74 Å². The summed E-state index contributed by atoms with van der Waals surface area (Å²) in [6.45, 7) is 6.72. The highest BCUT2D eigenvalue weighted by molar-refractivity contribution is 6.29. The summed E-state index contributed by atoms with van der Waals surface area (Å²) in [5.41, 5.74) is 3.09. The van der Waals surface area contributed by atoms with E-state index in [9.17, 15) is 0 Å². The minimum atomic E-state index is 0.187. The van der Waals surface area contributed by atoms with Crippen molar-refractivity contribution in [1.29, 1.82) is 0 Å². The Kier molecular flexibility index (Phi) is 4.85. The second-order valence-electron chi connectivity index (χ2n) is 4.64. The number of rotatable bonds is 5. The number of ether oxygens (including phenoxy) is 1. The van der Waals surface area contributed by atoms with Crippen LogP contribution in [0.4, 0.5) is 5.69 Å². The lowest BCUT2D eigenvalue weighted by atomic mass is 10.1. The fourth-order valence-corrected chi connectivity index (χ4v) is 2.21. The average Bonchev–Trinajstić information content (AvgIpc) is 2.43. The van der Waals surface area contributed by atoms with Gasteiger partial charge in [0.15, 0.2) is 0 Å². The van der Waals surface area contributed by atoms with Gasteiger partial charge in [0.25, 0.3) is 0 Å². The molecule has 1 unspecified atom stereocenters. The number of anilines is 1. The SMILES string of the molecule is CCOc1ccc(C(C)Nc2ccc(Cl)nc2C)cc1. The minimum absolute atomic E-state index is 0.187. The van der Waals surface area contributed by atoms with Gasteiger partial charge in [-0.2, -0.15) is 0 Å². The highest BCUT2D eigenvalue weighted by atomic mass is 35.5. The van der Waals surface area contributed by atoms with Crippen LogP contribution in [0.25, 0.3) is 0 Å². The van der Waals surface area contributed by atoms with Crippen molar-refractivity contribution in [3.63, 3.8) is 0 Å². The highest BCUT2D eigenvalue weighted by Gasteiger charge is 2.08. The second kappa shape index (κ2) is 6.62. The van der Waals surface area contributed by atoms with Gasteiger partial charge in [-0.25, -0.2) is 4.98 Å². The molecule has 0 aliphatic rings. The van der Waals surface area contributed by atoms with Crippen LogP contribution in [0, 0.1) is 6.92 Å². The predicted octanol–water partition coefficient (Wildman–Crippen LogP) is 4.62. The number of nitrogens with zero attached hydrogens (tertiary/aromatic N) is 1. The van der Waals surface area contributed by atoms with Crippen LogP contribution in [-0.2, 0) is 0 Å². The Morgan fingerprint density at radius 2 is 1.90 bits per heavy atom. The molecule has 1 aromatic carbocycles. The van der Waals surface area contributed by atoms with Gasteiger partial charge >= 0.3 is 0 Å². The minimum Gasteiger partial charge on any atom is -0.494 e. The Balaban J connectivity index is 2.09. The molecule has 2 aromatic rings. The van der Waals surface area contributed by atoms with Crippen LogP contribution in [0.1, 0.15) is 31.1 Å². The Hall–Kier alpha value is -1.74. The summed E-state index contributed by atoms with van der Waals surface area (Å²) in [5.74, 6) is 0.896. The first-order valence-electron chi connectivity index (χ1n) is 6.72. The summed E-state index contributed by atoms with van der Waals surface area (Å²) >= 11 is 5.86. The van der Waals surface area contributed by atoms with Crippen LogP contribution in [0.15, 0.2) is 36.4 Å². The van der Waals surface area contributed by atoms with Gasteiger partial charge in [0.1, 0.15) is 10.9 Å². The predicted molar refractivity (Wildman–Crippen MR) is 83.6 cm³/mol. The van der Waals surface area contributed by atoms with E-state index in [-0.39, 0.29) is 6.04 Å². The Bertz CT molecular complexity index is 569. The molecule has 20 heavy (non-hydrogen) atoms. The number of hydrogen-bond donors (Lipinski definition) is 1.